The normalized spacial score (nSPS) is 9.47. The molecule has 1 rings (SSSR count). The molecule has 0 fully saturated rings. The van der Waals surface area contributed by atoms with Crippen LogP contribution >= 0.6 is 0 Å². The summed E-state index contributed by atoms with van der Waals surface area (Å²) in [6, 6.07) is 2.74. The van der Waals surface area contributed by atoms with Gasteiger partial charge < -0.3 is 15.3 Å². The van der Waals surface area contributed by atoms with Gasteiger partial charge in [-0.1, -0.05) is 12.0 Å². The first-order valence-electron chi connectivity index (χ1n) is 5.73. The molecule has 0 saturated carbocycles. The molecule has 1 heterocycles. The van der Waals surface area contributed by atoms with Gasteiger partial charge in [-0.3, -0.25) is 0 Å². The maximum absolute atomic E-state index is 11.7. The predicted molar refractivity (Wildman–Crippen MR) is 69.5 cm³/mol. The fraction of sp³-hybridized carbons (Fsp3) is 0.308. The number of terminal acetylenes is 1. The molecule has 2 amide bonds. The molecule has 0 bridgehead atoms. The Bertz CT molecular complexity index is 491. The van der Waals surface area contributed by atoms with Crippen LogP contribution in [0.2, 0.25) is 0 Å². The Balaban J connectivity index is 2.54. The van der Waals surface area contributed by atoms with E-state index in [9.17, 15) is 9.59 Å². The summed E-state index contributed by atoms with van der Waals surface area (Å²) in [6.45, 7) is 2.87. The number of nitrogens with one attached hydrogen (secondary N) is 1. The first kappa shape index (κ1) is 14.5. The molecule has 6 heteroatoms. The average Bonchev–Trinajstić information content (AvgIpc) is 2.42. The third kappa shape index (κ3) is 4.32. The van der Waals surface area contributed by atoms with Gasteiger partial charge >= 0.3 is 12.0 Å². The van der Waals surface area contributed by atoms with Crippen molar-refractivity contribution in [3.05, 3.63) is 29.6 Å². The Morgan fingerprint density at radius 2 is 2.26 bits per heavy atom. The van der Waals surface area contributed by atoms with Gasteiger partial charge in [-0.05, 0) is 18.6 Å². The number of carboxylic acid groups (broad SMARTS) is 1. The Morgan fingerprint density at radius 3 is 2.74 bits per heavy atom. The van der Waals surface area contributed by atoms with Crippen molar-refractivity contribution in [3.8, 4) is 12.3 Å². The number of pyridine rings is 1. The van der Waals surface area contributed by atoms with Crippen molar-refractivity contribution in [1.82, 2.24) is 15.2 Å². The maximum atomic E-state index is 11.7. The number of rotatable bonds is 5. The number of nitrogens with zero attached hydrogens (tertiary/aromatic N) is 2. The summed E-state index contributed by atoms with van der Waals surface area (Å²) in [5.74, 6) is 1.32. The van der Waals surface area contributed by atoms with E-state index in [4.69, 9.17) is 11.5 Å². The molecule has 6 nitrogen and oxygen atoms in total. The van der Waals surface area contributed by atoms with E-state index in [0.29, 0.717) is 6.54 Å². The fourth-order valence-corrected chi connectivity index (χ4v) is 1.38. The average molecular weight is 261 g/mol. The van der Waals surface area contributed by atoms with Crippen molar-refractivity contribution in [1.29, 1.82) is 0 Å². The Kier molecular flexibility index (Phi) is 5.35. The quantitative estimate of drug-likeness (QED) is 0.773. The van der Waals surface area contributed by atoms with Gasteiger partial charge in [-0.15, -0.1) is 6.42 Å². The molecule has 100 valence electrons. The van der Waals surface area contributed by atoms with E-state index in [1.807, 2.05) is 6.92 Å². The van der Waals surface area contributed by atoms with Crippen LogP contribution in [-0.2, 0) is 6.54 Å². The molecule has 19 heavy (non-hydrogen) atoms. The number of carbonyl (C=O) groups is 2. The van der Waals surface area contributed by atoms with Crippen LogP contribution in [0.5, 0.6) is 0 Å². The molecule has 0 radical (unpaired) electrons. The molecule has 0 aliphatic rings. The number of aromatic nitrogens is 1. The van der Waals surface area contributed by atoms with Crippen molar-refractivity contribution in [2.45, 2.75) is 13.5 Å². The Hall–Kier alpha value is -2.55. The van der Waals surface area contributed by atoms with E-state index in [2.05, 4.69) is 16.2 Å². The highest BCUT2D eigenvalue weighted by atomic mass is 16.4. The zero-order chi connectivity index (χ0) is 14.3. The number of urea groups is 1. The number of hydrogen-bond donors (Lipinski definition) is 2. The molecule has 0 spiro atoms. The summed E-state index contributed by atoms with van der Waals surface area (Å²) in [7, 11) is 0. The van der Waals surface area contributed by atoms with E-state index in [-0.39, 0.29) is 24.8 Å². The van der Waals surface area contributed by atoms with Crippen molar-refractivity contribution >= 4 is 12.0 Å². The standard InChI is InChI=1S/C13H15N3O3/c1-3-7-16(4-2)13(19)15-9-10-5-6-11(12(17)18)14-8-10/h1,5-6,8H,4,7,9H2,2H3,(H,15,19)(H,17,18). The van der Waals surface area contributed by atoms with Crippen LogP contribution in [0.15, 0.2) is 18.3 Å². The molecule has 0 atom stereocenters. The van der Waals surface area contributed by atoms with E-state index >= 15 is 0 Å². The van der Waals surface area contributed by atoms with Gasteiger partial charge in [-0.2, -0.15) is 0 Å². The minimum absolute atomic E-state index is 0.0300. The van der Waals surface area contributed by atoms with Crippen LogP contribution in [0.3, 0.4) is 0 Å². The molecule has 0 saturated heterocycles. The van der Waals surface area contributed by atoms with Crippen molar-refractivity contribution in [3.63, 3.8) is 0 Å². The number of carbonyl (C=O) groups excluding carboxylic acids is 1. The molecular weight excluding hydrogens is 246 g/mol. The molecule has 1 aromatic heterocycles. The summed E-state index contributed by atoms with van der Waals surface area (Å²) < 4.78 is 0. The highest BCUT2D eigenvalue weighted by Crippen LogP contribution is 2.00. The Morgan fingerprint density at radius 1 is 1.53 bits per heavy atom. The lowest BCUT2D eigenvalue weighted by Crippen LogP contribution is -2.39. The lowest BCUT2D eigenvalue weighted by Gasteiger charge is -2.18. The lowest BCUT2D eigenvalue weighted by atomic mass is 10.2. The second-order valence-electron chi connectivity index (χ2n) is 3.73. The smallest absolute Gasteiger partial charge is 0.354 e. The van der Waals surface area contributed by atoms with Crippen molar-refractivity contribution in [2.24, 2.45) is 0 Å². The number of hydrogen-bond acceptors (Lipinski definition) is 3. The number of amides is 2. The van der Waals surface area contributed by atoms with E-state index in [1.165, 1.54) is 17.2 Å². The molecule has 1 aromatic rings. The summed E-state index contributed by atoms with van der Waals surface area (Å²) in [5, 5.41) is 11.4. The second-order valence-corrected chi connectivity index (χ2v) is 3.73. The van der Waals surface area contributed by atoms with Gasteiger partial charge in [0.25, 0.3) is 0 Å². The van der Waals surface area contributed by atoms with Crippen molar-refractivity contribution < 1.29 is 14.7 Å². The molecule has 0 aromatic carbocycles. The van der Waals surface area contributed by atoms with Gasteiger partial charge in [0.1, 0.15) is 5.69 Å². The van der Waals surface area contributed by atoms with Gasteiger partial charge in [0, 0.05) is 19.3 Å². The van der Waals surface area contributed by atoms with Gasteiger partial charge in [0.2, 0.25) is 0 Å². The summed E-state index contributed by atoms with van der Waals surface area (Å²) in [5.41, 5.74) is 0.688. The predicted octanol–water partition coefficient (Wildman–Crippen LogP) is 0.944. The van der Waals surface area contributed by atoms with Crippen LogP contribution < -0.4 is 5.32 Å². The highest BCUT2D eigenvalue weighted by molar-refractivity contribution is 5.85. The zero-order valence-electron chi connectivity index (χ0n) is 10.6. The first-order valence-corrected chi connectivity index (χ1v) is 5.73. The topological polar surface area (TPSA) is 82.5 Å². The monoisotopic (exact) mass is 261 g/mol. The molecule has 0 unspecified atom stereocenters. The second kappa shape index (κ2) is 7.01. The largest absolute Gasteiger partial charge is 0.477 e. The molecule has 2 N–H and O–H groups in total. The molecule has 0 aliphatic carbocycles. The van der Waals surface area contributed by atoms with Crippen LogP contribution in [0.1, 0.15) is 23.0 Å². The maximum Gasteiger partial charge on any atom is 0.354 e. The minimum Gasteiger partial charge on any atom is -0.477 e. The third-order valence-corrected chi connectivity index (χ3v) is 2.44. The first-order chi connectivity index (χ1) is 9.08. The summed E-state index contributed by atoms with van der Waals surface area (Å²) in [6.07, 6.45) is 6.58. The highest BCUT2D eigenvalue weighted by Gasteiger charge is 2.09. The van der Waals surface area contributed by atoms with Crippen LogP contribution in [-0.4, -0.2) is 40.1 Å². The SMILES string of the molecule is C#CCN(CC)C(=O)NCc1ccc(C(=O)O)nc1. The van der Waals surface area contributed by atoms with E-state index in [0.717, 1.165) is 5.56 Å². The summed E-state index contributed by atoms with van der Waals surface area (Å²) >= 11 is 0. The van der Waals surface area contributed by atoms with Gasteiger partial charge in [-0.25, -0.2) is 14.6 Å². The van der Waals surface area contributed by atoms with Crippen LogP contribution in [0.4, 0.5) is 4.79 Å². The molecular formula is C13H15N3O3. The van der Waals surface area contributed by atoms with Crippen molar-refractivity contribution in [2.75, 3.05) is 13.1 Å². The zero-order valence-corrected chi connectivity index (χ0v) is 10.6. The number of carboxylic acids is 1. The number of aromatic carboxylic acids is 1. The van der Waals surface area contributed by atoms with Crippen LogP contribution in [0.25, 0.3) is 0 Å². The van der Waals surface area contributed by atoms with E-state index < -0.39 is 5.97 Å². The third-order valence-electron chi connectivity index (χ3n) is 2.44. The Labute approximate surface area is 111 Å². The molecule has 0 aliphatic heterocycles. The van der Waals surface area contributed by atoms with Gasteiger partial charge in [0.15, 0.2) is 0 Å². The lowest BCUT2D eigenvalue weighted by molar-refractivity contribution is 0.0690. The summed E-state index contributed by atoms with van der Waals surface area (Å²) in [4.78, 5) is 27.6. The minimum atomic E-state index is -1.08. The van der Waals surface area contributed by atoms with E-state index in [1.54, 1.807) is 6.07 Å². The van der Waals surface area contributed by atoms with Crippen LogP contribution in [0, 0.1) is 12.3 Å². The van der Waals surface area contributed by atoms with Gasteiger partial charge in [0.05, 0.1) is 6.54 Å². The fourth-order valence-electron chi connectivity index (χ4n) is 1.38.